The third-order valence-corrected chi connectivity index (χ3v) is 4.17. The average Bonchev–Trinajstić information content (AvgIpc) is 2.46. The van der Waals surface area contributed by atoms with Crippen molar-refractivity contribution in [3.63, 3.8) is 0 Å². The van der Waals surface area contributed by atoms with Crippen LogP contribution in [0.5, 0.6) is 0 Å². The number of carboxylic acids is 1. The summed E-state index contributed by atoms with van der Waals surface area (Å²) >= 11 is 0. The predicted octanol–water partition coefficient (Wildman–Crippen LogP) is 1.71. The van der Waals surface area contributed by atoms with Gasteiger partial charge in [-0.1, -0.05) is 36.8 Å². The highest BCUT2D eigenvalue weighted by molar-refractivity contribution is 5.88. The molecule has 5 nitrogen and oxygen atoms in total. The Hall–Kier alpha value is -1.88. The summed E-state index contributed by atoms with van der Waals surface area (Å²) in [6.07, 6.45) is 1.64. The van der Waals surface area contributed by atoms with Crippen LogP contribution >= 0.6 is 0 Å². The monoisotopic (exact) mass is 290 g/mol. The highest BCUT2D eigenvalue weighted by Gasteiger charge is 2.38. The van der Waals surface area contributed by atoms with Gasteiger partial charge in [0.15, 0.2) is 0 Å². The number of benzene rings is 1. The van der Waals surface area contributed by atoms with Gasteiger partial charge in [-0.3, -0.25) is 4.79 Å². The Morgan fingerprint density at radius 1 is 1.33 bits per heavy atom. The Morgan fingerprint density at radius 3 is 2.52 bits per heavy atom. The van der Waals surface area contributed by atoms with E-state index in [1.165, 1.54) is 4.90 Å². The van der Waals surface area contributed by atoms with Crippen molar-refractivity contribution in [1.82, 2.24) is 4.90 Å². The Balaban J connectivity index is 2.20. The van der Waals surface area contributed by atoms with Crippen LogP contribution in [0.15, 0.2) is 24.3 Å². The average molecular weight is 290 g/mol. The van der Waals surface area contributed by atoms with Crippen molar-refractivity contribution in [2.45, 2.75) is 38.8 Å². The van der Waals surface area contributed by atoms with Crippen molar-refractivity contribution in [2.75, 3.05) is 6.54 Å². The molecule has 0 spiro atoms. The number of rotatable bonds is 3. The third kappa shape index (κ3) is 3.24. The van der Waals surface area contributed by atoms with Crippen molar-refractivity contribution < 1.29 is 14.7 Å². The molecular weight excluding hydrogens is 268 g/mol. The van der Waals surface area contributed by atoms with Gasteiger partial charge in [0.25, 0.3) is 0 Å². The number of hydrogen-bond acceptors (Lipinski definition) is 3. The number of amides is 1. The fourth-order valence-corrected chi connectivity index (χ4v) is 2.91. The van der Waals surface area contributed by atoms with E-state index >= 15 is 0 Å². The fraction of sp³-hybridized carbons (Fsp3) is 0.500. The van der Waals surface area contributed by atoms with Crippen molar-refractivity contribution in [2.24, 2.45) is 11.7 Å². The molecule has 0 saturated carbocycles. The molecule has 3 atom stereocenters. The first kappa shape index (κ1) is 15.5. The number of nitrogens with two attached hydrogens (primary N) is 1. The molecule has 2 rings (SSSR count). The molecule has 21 heavy (non-hydrogen) atoms. The molecule has 5 heteroatoms. The first-order valence-corrected chi connectivity index (χ1v) is 7.27. The lowest BCUT2D eigenvalue weighted by Gasteiger charge is -2.38. The van der Waals surface area contributed by atoms with Gasteiger partial charge in [0.2, 0.25) is 5.91 Å². The van der Waals surface area contributed by atoms with Crippen molar-refractivity contribution in [3.8, 4) is 0 Å². The molecule has 1 aliphatic rings. The summed E-state index contributed by atoms with van der Waals surface area (Å²) < 4.78 is 0. The normalized spacial score (nSPS) is 23.7. The highest BCUT2D eigenvalue weighted by atomic mass is 16.4. The summed E-state index contributed by atoms with van der Waals surface area (Å²) in [6, 6.07) is 5.86. The van der Waals surface area contributed by atoms with Gasteiger partial charge < -0.3 is 15.7 Å². The number of aryl methyl sites for hydroxylation is 1. The van der Waals surface area contributed by atoms with Crippen LogP contribution in [-0.2, 0) is 9.59 Å². The van der Waals surface area contributed by atoms with E-state index < -0.39 is 18.1 Å². The largest absolute Gasteiger partial charge is 0.480 e. The van der Waals surface area contributed by atoms with Crippen LogP contribution in [0.2, 0.25) is 0 Å². The molecular formula is C16H22N2O3. The minimum Gasteiger partial charge on any atom is -0.480 e. The summed E-state index contributed by atoms with van der Waals surface area (Å²) in [5, 5.41) is 9.38. The number of piperidine rings is 1. The molecule has 3 N–H and O–H groups in total. The Bertz CT molecular complexity index is 527. The van der Waals surface area contributed by atoms with Crippen LogP contribution in [0.25, 0.3) is 0 Å². The van der Waals surface area contributed by atoms with E-state index in [4.69, 9.17) is 5.73 Å². The number of carboxylic acid groups (broad SMARTS) is 1. The lowest BCUT2D eigenvalue weighted by molar-refractivity contribution is -0.155. The van der Waals surface area contributed by atoms with E-state index in [-0.39, 0.29) is 11.8 Å². The number of likely N-dealkylation sites (tertiary alicyclic amines) is 1. The lowest BCUT2D eigenvalue weighted by atomic mass is 9.90. The highest BCUT2D eigenvalue weighted by Crippen LogP contribution is 2.26. The lowest BCUT2D eigenvalue weighted by Crippen LogP contribution is -2.54. The van der Waals surface area contributed by atoms with Crippen LogP contribution in [0.3, 0.4) is 0 Å². The standard InChI is InChI=1S/C16H22N2O3/c1-10-5-7-12(8-6-10)13(17)15(19)18-9-3-4-11(2)14(18)16(20)21/h5-8,11,13-14H,3-4,9,17H2,1-2H3,(H,20,21). The number of carbonyl (C=O) groups excluding carboxylic acids is 1. The molecule has 114 valence electrons. The molecule has 1 aromatic rings. The van der Waals surface area contributed by atoms with E-state index in [0.717, 1.165) is 18.4 Å². The van der Waals surface area contributed by atoms with E-state index in [0.29, 0.717) is 12.1 Å². The quantitative estimate of drug-likeness (QED) is 0.887. The molecule has 1 aromatic carbocycles. The minimum atomic E-state index is -0.952. The Kier molecular flexibility index (Phi) is 4.63. The van der Waals surface area contributed by atoms with Crippen LogP contribution in [0, 0.1) is 12.8 Å². The SMILES string of the molecule is Cc1ccc(C(N)C(=O)N2CCCC(C)C2C(=O)O)cc1. The first-order valence-electron chi connectivity index (χ1n) is 7.27. The van der Waals surface area contributed by atoms with Crippen molar-refractivity contribution in [3.05, 3.63) is 35.4 Å². The fourth-order valence-electron chi connectivity index (χ4n) is 2.91. The molecule has 0 aliphatic carbocycles. The molecule has 3 unspecified atom stereocenters. The van der Waals surface area contributed by atoms with Crippen molar-refractivity contribution in [1.29, 1.82) is 0 Å². The van der Waals surface area contributed by atoms with E-state index in [9.17, 15) is 14.7 Å². The number of aliphatic carboxylic acids is 1. The van der Waals surface area contributed by atoms with Gasteiger partial charge in [-0.05, 0) is 31.2 Å². The zero-order chi connectivity index (χ0) is 15.6. The zero-order valence-corrected chi connectivity index (χ0v) is 12.5. The summed E-state index contributed by atoms with van der Waals surface area (Å²) in [4.78, 5) is 25.5. The second-order valence-electron chi connectivity index (χ2n) is 5.82. The topological polar surface area (TPSA) is 83.6 Å². The molecule has 1 amide bonds. The van der Waals surface area contributed by atoms with Crippen LogP contribution in [0.1, 0.15) is 36.9 Å². The summed E-state index contributed by atoms with van der Waals surface area (Å²) in [5.41, 5.74) is 7.85. The zero-order valence-electron chi connectivity index (χ0n) is 12.5. The number of hydrogen-bond donors (Lipinski definition) is 2. The third-order valence-electron chi connectivity index (χ3n) is 4.17. The van der Waals surface area contributed by atoms with Crippen molar-refractivity contribution >= 4 is 11.9 Å². The van der Waals surface area contributed by atoms with E-state index in [2.05, 4.69) is 0 Å². The smallest absolute Gasteiger partial charge is 0.326 e. The molecule has 1 aliphatic heterocycles. The van der Waals surface area contributed by atoms with Gasteiger partial charge >= 0.3 is 5.97 Å². The summed E-state index contributed by atoms with van der Waals surface area (Å²) in [7, 11) is 0. The first-order chi connectivity index (χ1) is 9.91. The minimum absolute atomic E-state index is 0.0505. The van der Waals surface area contributed by atoms with Crippen LogP contribution < -0.4 is 5.73 Å². The molecule has 0 radical (unpaired) electrons. The second kappa shape index (κ2) is 6.26. The Labute approximate surface area is 124 Å². The molecule has 1 heterocycles. The van der Waals surface area contributed by atoms with E-state index in [1.807, 2.05) is 38.1 Å². The number of carbonyl (C=O) groups is 2. The maximum atomic E-state index is 12.6. The maximum Gasteiger partial charge on any atom is 0.326 e. The van der Waals surface area contributed by atoms with Gasteiger partial charge in [-0.2, -0.15) is 0 Å². The Morgan fingerprint density at radius 2 is 1.95 bits per heavy atom. The molecule has 1 fully saturated rings. The molecule has 0 aromatic heterocycles. The van der Waals surface area contributed by atoms with Gasteiger partial charge in [-0.15, -0.1) is 0 Å². The summed E-state index contributed by atoms with van der Waals surface area (Å²) in [5.74, 6) is -1.31. The molecule has 1 saturated heterocycles. The van der Waals surface area contributed by atoms with Gasteiger partial charge in [0.05, 0.1) is 0 Å². The van der Waals surface area contributed by atoms with Crippen LogP contribution in [0.4, 0.5) is 0 Å². The second-order valence-corrected chi connectivity index (χ2v) is 5.82. The molecule has 0 bridgehead atoms. The van der Waals surface area contributed by atoms with Gasteiger partial charge in [0, 0.05) is 6.54 Å². The summed E-state index contributed by atoms with van der Waals surface area (Å²) in [6.45, 7) is 4.29. The number of nitrogens with zero attached hydrogens (tertiary/aromatic N) is 1. The van der Waals surface area contributed by atoms with E-state index in [1.54, 1.807) is 0 Å². The predicted molar refractivity (Wildman–Crippen MR) is 79.6 cm³/mol. The maximum absolute atomic E-state index is 12.6. The van der Waals surface area contributed by atoms with Gasteiger partial charge in [0.1, 0.15) is 12.1 Å². The van der Waals surface area contributed by atoms with Gasteiger partial charge in [-0.25, -0.2) is 4.79 Å². The van der Waals surface area contributed by atoms with Crippen LogP contribution in [-0.4, -0.2) is 34.5 Å².